The van der Waals surface area contributed by atoms with Gasteiger partial charge < -0.3 is 87.3 Å². The normalized spacial score (nSPS) is 36.9. The Morgan fingerprint density at radius 1 is 0.901 bits per heavy atom. The molecule has 1 aliphatic carbocycles. The second-order valence-electron chi connectivity index (χ2n) is 24.1. The van der Waals surface area contributed by atoms with Gasteiger partial charge in [-0.25, -0.2) is 4.79 Å². The van der Waals surface area contributed by atoms with Crippen LogP contribution >= 0.6 is 11.6 Å². The Hall–Kier alpha value is -3.59. The second-order valence-corrected chi connectivity index (χ2v) is 24.5. The number of aliphatic hydroxyl groups is 4. The highest BCUT2D eigenvalue weighted by Crippen LogP contribution is 2.42. The van der Waals surface area contributed by atoms with Gasteiger partial charge in [-0.3, -0.25) is 14.4 Å². The molecule has 1 unspecified atom stereocenters. The molecule has 1 aromatic heterocycles. The fraction of sp³-hybridized carbons (Fsp3) is 0.793. The highest BCUT2D eigenvalue weighted by molar-refractivity contribution is 6.32. The van der Waals surface area contributed by atoms with Crippen molar-refractivity contribution in [2.45, 2.75) is 211 Å². The summed E-state index contributed by atoms with van der Waals surface area (Å²) in [4.78, 5) is 56.6. The van der Waals surface area contributed by atoms with Gasteiger partial charge in [0, 0.05) is 50.3 Å². The smallest absolute Gasteiger partial charge is 0.341 e. The zero-order valence-electron chi connectivity index (χ0n) is 49.8. The molecular weight excluding hydrogens is 1080 g/mol. The molecule has 22 nitrogen and oxygen atoms in total. The number of likely N-dealkylation sites (N-methyl/N-ethyl adjacent to an activating group) is 2. The van der Waals surface area contributed by atoms with Gasteiger partial charge in [0.2, 0.25) is 5.43 Å². The molecule has 0 amide bonds. The van der Waals surface area contributed by atoms with Crippen molar-refractivity contribution in [2.75, 3.05) is 67.8 Å². The van der Waals surface area contributed by atoms with Crippen LogP contribution < -0.4 is 10.2 Å². The first-order valence-electron chi connectivity index (χ1n) is 28.6. The summed E-state index contributed by atoms with van der Waals surface area (Å²) < 4.78 is 63.6. The number of hydrogen-bond donors (Lipinski definition) is 5. The van der Waals surface area contributed by atoms with Gasteiger partial charge in [-0.2, -0.15) is 0 Å². The molecule has 23 heteroatoms. The first-order chi connectivity index (χ1) is 38.0. The number of nitrogens with zero attached hydrogens (tertiary/aromatic N) is 3. The molecular formula is C58H92ClN3O19. The van der Waals surface area contributed by atoms with E-state index in [1.165, 1.54) is 26.3 Å². The molecule has 3 aliphatic heterocycles. The molecule has 81 heavy (non-hydrogen) atoms. The Labute approximate surface area is 481 Å². The maximum Gasteiger partial charge on any atom is 0.341 e. The molecule has 0 bridgehead atoms. The number of carbonyl (C=O) groups excluding carboxylic acids is 2. The number of cyclic esters (lactones) is 1. The van der Waals surface area contributed by atoms with E-state index in [-0.39, 0.29) is 105 Å². The second kappa shape index (κ2) is 28.1. The van der Waals surface area contributed by atoms with Crippen LogP contribution in [-0.2, 0) is 52.2 Å². The molecule has 5 N–H and O–H groups in total. The van der Waals surface area contributed by atoms with E-state index < -0.39 is 113 Å². The Morgan fingerprint density at radius 3 is 2.17 bits per heavy atom. The number of methoxy groups -OCH3 is 1. The number of hydrogen-bond acceptors (Lipinski definition) is 20. The monoisotopic (exact) mass is 1170 g/mol. The molecule has 4 fully saturated rings. The number of aromatic nitrogens is 1. The summed E-state index contributed by atoms with van der Waals surface area (Å²) in [7, 11) is 7.04. The van der Waals surface area contributed by atoms with E-state index in [1.807, 2.05) is 44.8 Å². The van der Waals surface area contributed by atoms with Crippen molar-refractivity contribution in [3.8, 4) is 5.75 Å². The summed E-state index contributed by atoms with van der Waals surface area (Å²) in [5.41, 5.74) is -5.11. The lowest BCUT2D eigenvalue weighted by molar-refractivity contribution is -0.318. The van der Waals surface area contributed by atoms with Gasteiger partial charge in [0.25, 0.3) is 0 Å². The first kappa shape index (κ1) is 66.5. The molecule has 4 aliphatic rings. The number of fused-ring (bicyclic) bond motifs is 1. The van der Waals surface area contributed by atoms with E-state index in [0.29, 0.717) is 18.5 Å². The van der Waals surface area contributed by atoms with E-state index >= 15 is 0 Å². The minimum absolute atomic E-state index is 0.0134. The maximum absolute atomic E-state index is 14.6. The summed E-state index contributed by atoms with van der Waals surface area (Å²) in [6.45, 7) is 18.3. The molecule has 1 aromatic carbocycles. The average Bonchev–Trinajstić information content (AvgIpc) is 4.44. The molecule has 4 heterocycles. The van der Waals surface area contributed by atoms with Crippen molar-refractivity contribution in [3.05, 3.63) is 39.1 Å². The largest absolute Gasteiger partial charge is 0.490 e. The lowest BCUT2D eigenvalue weighted by Gasteiger charge is -2.49. The number of ether oxygens (including phenoxy) is 10. The van der Waals surface area contributed by atoms with Crippen LogP contribution in [-0.4, -0.2) is 216 Å². The summed E-state index contributed by atoms with van der Waals surface area (Å²) >= 11 is 6.52. The van der Waals surface area contributed by atoms with Crippen LogP contribution in [0.1, 0.15) is 131 Å². The summed E-state index contributed by atoms with van der Waals surface area (Å²) in [5.74, 6) is -4.59. The predicted octanol–water partition coefficient (Wildman–Crippen LogP) is 4.96. The highest BCUT2D eigenvalue weighted by atomic mass is 35.5. The molecule has 18 atom stereocenters. The van der Waals surface area contributed by atoms with Gasteiger partial charge in [0.05, 0.1) is 84.7 Å². The third kappa shape index (κ3) is 16.0. The maximum atomic E-state index is 14.6. The van der Waals surface area contributed by atoms with Gasteiger partial charge in [-0.1, -0.05) is 32.4 Å². The molecule has 460 valence electrons. The predicted molar refractivity (Wildman–Crippen MR) is 298 cm³/mol. The van der Waals surface area contributed by atoms with Crippen LogP contribution in [0.25, 0.3) is 10.9 Å². The Bertz CT molecular complexity index is 2490. The van der Waals surface area contributed by atoms with E-state index in [0.717, 1.165) is 12.8 Å². The summed E-state index contributed by atoms with van der Waals surface area (Å²) in [6, 6.07) is 2.25. The number of carboxylic acids is 1. The third-order valence-electron chi connectivity index (χ3n) is 17.0. The topological polar surface area (TPSA) is 273 Å². The zero-order chi connectivity index (χ0) is 60.1. The van der Waals surface area contributed by atoms with Crippen LogP contribution in [0.5, 0.6) is 5.75 Å². The number of carbonyl (C=O) groups is 3. The Balaban J connectivity index is 1.10. The number of rotatable bonds is 20. The van der Waals surface area contributed by atoms with Crippen molar-refractivity contribution in [1.29, 1.82) is 0 Å². The average molecular weight is 1170 g/mol. The van der Waals surface area contributed by atoms with Crippen LogP contribution in [0.15, 0.2) is 23.1 Å². The molecule has 1 saturated carbocycles. The summed E-state index contributed by atoms with van der Waals surface area (Å²) in [6.07, 6.45) is -6.28. The minimum atomic E-state index is -1.87. The van der Waals surface area contributed by atoms with Crippen molar-refractivity contribution >= 4 is 40.4 Å². The van der Waals surface area contributed by atoms with Crippen molar-refractivity contribution in [3.63, 3.8) is 0 Å². The van der Waals surface area contributed by atoms with Crippen molar-refractivity contribution in [1.82, 2.24) is 14.4 Å². The van der Waals surface area contributed by atoms with Crippen LogP contribution in [0.3, 0.4) is 0 Å². The molecule has 6 rings (SSSR count). The van der Waals surface area contributed by atoms with Crippen molar-refractivity contribution < 1.29 is 87.3 Å². The van der Waals surface area contributed by atoms with Gasteiger partial charge >= 0.3 is 17.9 Å². The molecule has 0 spiro atoms. The van der Waals surface area contributed by atoms with Gasteiger partial charge in [-0.05, 0) is 120 Å². The van der Waals surface area contributed by atoms with E-state index in [4.69, 9.17) is 59.0 Å². The highest BCUT2D eigenvalue weighted by Gasteiger charge is 2.54. The first-order valence-corrected chi connectivity index (χ1v) is 29.0. The molecule has 3 saturated heterocycles. The third-order valence-corrected chi connectivity index (χ3v) is 17.3. The number of aliphatic hydroxyl groups excluding tert-OH is 2. The fourth-order valence-corrected chi connectivity index (χ4v) is 12.3. The lowest BCUT2D eigenvalue weighted by atomic mass is 9.77. The number of pyridine rings is 1. The summed E-state index contributed by atoms with van der Waals surface area (Å²) in [5, 5.41) is 58.2. The van der Waals surface area contributed by atoms with Crippen molar-refractivity contribution in [2.24, 2.45) is 17.8 Å². The van der Waals surface area contributed by atoms with E-state index in [1.54, 1.807) is 59.1 Å². The van der Waals surface area contributed by atoms with Crippen LogP contribution in [0, 0.1) is 17.8 Å². The molecule has 2 aromatic rings. The van der Waals surface area contributed by atoms with E-state index in [2.05, 4.69) is 0 Å². The number of esters is 2. The Morgan fingerprint density at radius 2 is 1.56 bits per heavy atom. The number of halogens is 1. The zero-order valence-corrected chi connectivity index (χ0v) is 50.6. The minimum Gasteiger partial charge on any atom is -0.490 e. The van der Waals surface area contributed by atoms with Crippen LogP contribution in [0.2, 0.25) is 5.02 Å². The fourth-order valence-electron chi connectivity index (χ4n) is 12.1. The Kier molecular flexibility index (Phi) is 23.1. The van der Waals surface area contributed by atoms with Crippen LogP contribution in [0.4, 0.5) is 0 Å². The lowest BCUT2D eigenvalue weighted by Crippen LogP contribution is -2.61. The number of benzene rings is 1. The quantitative estimate of drug-likeness (QED) is 0.0866. The van der Waals surface area contributed by atoms with Gasteiger partial charge in [0.1, 0.15) is 47.4 Å². The van der Waals surface area contributed by atoms with Gasteiger partial charge in [0.15, 0.2) is 18.7 Å². The standard InChI is InChI=1S/C58H92ClN3O19/c1-15-44-58(10,71)50(66)35(6)61(13)29-31(2)27-56(8,70)51(81-55-48(65)42(60(11)12)24-32(3)76-55)33(4)49(34(5)54(69)78-44)80-46-28-57(9,72-14)52(36(7)77-46)79-45(63)18-19-73-20-21-74-22-23-75-43-25-38-41(26-40(43)59)62(37-16-17-37)30-39(47(38)64)53(67)68/h25-26,30-37,42,44,46,48-52,55,65-66,70-71H,15-24,27-29H2,1-14H3,(H,67,68)/t31-,32-,33+,34-,35-,36+,42+,44-,46+,48?,49+,50-,51-,52+,55+,56-,57-,58-/m1/s1. The van der Waals surface area contributed by atoms with E-state index in [9.17, 15) is 44.7 Å². The molecule has 0 radical (unpaired) electrons. The SMILES string of the molecule is CC[C@H]1OC(=O)[C@H](C)[C@@H](O[C@H]2C[C@@](C)(OC)[C@@H](OC(=O)CCOCCOCCOc3cc4c(=O)c(C(=O)O)cn(C5CC5)c4cc3Cl)[C@H](C)O2)[C@H](C)[C@@H](O[C@@H]2O[C@H](C)C[C@H](N(C)C)C2O)[C@](C)(O)C[C@@H](C)CN(C)[C@H](C)[C@@H](O)[C@]1(C)O. The van der Waals surface area contributed by atoms with Gasteiger partial charge in [-0.15, -0.1) is 0 Å². The number of aromatic carboxylic acids is 1. The number of carboxylic acid groups (broad SMARTS) is 1.